The van der Waals surface area contributed by atoms with Crippen molar-refractivity contribution in [3.8, 4) is 0 Å². The number of aromatic amines is 1. The first-order chi connectivity index (χ1) is 7.06. The van der Waals surface area contributed by atoms with Gasteiger partial charge in [0.25, 0.3) is 11.5 Å². The van der Waals surface area contributed by atoms with Crippen LogP contribution in [0.4, 0.5) is 0 Å². The van der Waals surface area contributed by atoms with Crippen LogP contribution in [0.3, 0.4) is 0 Å². The van der Waals surface area contributed by atoms with E-state index >= 15 is 0 Å². The van der Waals surface area contributed by atoms with Crippen LogP contribution >= 0.6 is 0 Å². The van der Waals surface area contributed by atoms with Gasteiger partial charge in [0.2, 0.25) is 0 Å². The Morgan fingerprint density at radius 1 is 1.47 bits per heavy atom. The van der Waals surface area contributed by atoms with Gasteiger partial charge < -0.3 is 10.3 Å². The van der Waals surface area contributed by atoms with E-state index < -0.39 is 0 Å². The van der Waals surface area contributed by atoms with E-state index in [-0.39, 0.29) is 17.0 Å². The molecule has 1 heterocycles. The van der Waals surface area contributed by atoms with Gasteiger partial charge in [-0.3, -0.25) is 9.59 Å². The minimum atomic E-state index is -0.318. The van der Waals surface area contributed by atoms with Crippen molar-refractivity contribution >= 4 is 5.91 Å². The van der Waals surface area contributed by atoms with Crippen molar-refractivity contribution in [1.29, 1.82) is 0 Å². The van der Waals surface area contributed by atoms with Gasteiger partial charge in [0.05, 0.1) is 0 Å². The SMILES string of the molecule is CCCNC(=O)c1c(C)cc(C)[nH]c1=O. The first kappa shape index (κ1) is 11.5. The number of aromatic nitrogens is 1. The number of hydrogen-bond acceptors (Lipinski definition) is 2. The van der Waals surface area contributed by atoms with E-state index in [0.29, 0.717) is 12.1 Å². The summed E-state index contributed by atoms with van der Waals surface area (Å²) in [5, 5.41) is 2.69. The van der Waals surface area contributed by atoms with Crippen LogP contribution < -0.4 is 10.9 Å². The summed E-state index contributed by atoms with van der Waals surface area (Å²) < 4.78 is 0. The molecule has 0 saturated heterocycles. The van der Waals surface area contributed by atoms with Crippen LogP contribution in [-0.2, 0) is 0 Å². The highest BCUT2D eigenvalue weighted by Gasteiger charge is 2.12. The molecule has 2 N–H and O–H groups in total. The summed E-state index contributed by atoms with van der Waals surface area (Å²) in [5.41, 5.74) is 1.38. The van der Waals surface area contributed by atoms with Crippen molar-refractivity contribution in [1.82, 2.24) is 10.3 Å². The molecule has 0 aliphatic heterocycles. The van der Waals surface area contributed by atoms with Gasteiger partial charge in [-0.05, 0) is 31.9 Å². The first-order valence-electron chi connectivity index (χ1n) is 5.05. The number of carbonyl (C=O) groups is 1. The monoisotopic (exact) mass is 208 g/mol. The molecular formula is C11H16N2O2. The highest BCUT2D eigenvalue weighted by molar-refractivity contribution is 5.95. The number of nitrogens with one attached hydrogen (secondary N) is 2. The summed E-state index contributed by atoms with van der Waals surface area (Å²) >= 11 is 0. The van der Waals surface area contributed by atoms with E-state index in [1.165, 1.54) is 0 Å². The molecule has 0 atom stereocenters. The standard InChI is InChI=1S/C11H16N2O2/c1-4-5-12-10(14)9-7(2)6-8(3)13-11(9)15/h6H,4-5H2,1-3H3,(H,12,14)(H,13,15). The molecule has 0 spiro atoms. The second kappa shape index (κ2) is 4.77. The van der Waals surface area contributed by atoms with Gasteiger partial charge in [0, 0.05) is 12.2 Å². The summed E-state index contributed by atoms with van der Waals surface area (Å²) in [7, 11) is 0. The molecule has 82 valence electrons. The van der Waals surface area contributed by atoms with E-state index in [1.807, 2.05) is 6.92 Å². The maximum Gasteiger partial charge on any atom is 0.261 e. The number of amides is 1. The molecule has 0 bridgehead atoms. The molecule has 0 aliphatic carbocycles. The van der Waals surface area contributed by atoms with Crippen molar-refractivity contribution in [3.05, 3.63) is 33.2 Å². The van der Waals surface area contributed by atoms with Crippen LogP contribution in [0.2, 0.25) is 0 Å². The lowest BCUT2D eigenvalue weighted by Crippen LogP contribution is -2.31. The minimum absolute atomic E-state index is 0.217. The molecule has 0 aromatic carbocycles. The minimum Gasteiger partial charge on any atom is -0.352 e. The predicted molar refractivity (Wildman–Crippen MR) is 59.2 cm³/mol. The topological polar surface area (TPSA) is 62.0 Å². The normalized spacial score (nSPS) is 10.1. The van der Waals surface area contributed by atoms with Crippen molar-refractivity contribution in [2.45, 2.75) is 27.2 Å². The molecule has 0 radical (unpaired) electrons. The van der Waals surface area contributed by atoms with Crippen LogP contribution in [0.15, 0.2) is 10.9 Å². The zero-order valence-corrected chi connectivity index (χ0v) is 9.31. The van der Waals surface area contributed by atoms with E-state index in [0.717, 1.165) is 12.1 Å². The Morgan fingerprint density at radius 2 is 2.13 bits per heavy atom. The molecule has 4 heteroatoms. The number of carbonyl (C=O) groups excluding carboxylic acids is 1. The highest BCUT2D eigenvalue weighted by Crippen LogP contribution is 2.02. The summed E-state index contributed by atoms with van der Waals surface area (Å²) in [6, 6.07) is 1.79. The Labute approximate surface area is 88.7 Å². The fourth-order valence-electron chi connectivity index (χ4n) is 1.46. The average molecular weight is 208 g/mol. The lowest BCUT2D eigenvalue weighted by atomic mass is 10.1. The number of aryl methyl sites for hydroxylation is 2. The van der Waals surface area contributed by atoms with Crippen LogP contribution in [0.25, 0.3) is 0 Å². The maximum absolute atomic E-state index is 11.6. The Balaban J connectivity index is 3.04. The van der Waals surface area contributed by atoms with E-state index in [1.54, 1.807) is 19.9 Å². The second-order valence-corrected chi connectivity index (χ2v) is 3.60. The van der Waals surface area contributed by atoms with Crippen molar-refractivity contribution in [2.75, 3.05) is 6.54 Å². The van der Waals surface area contributed by atoms with E-state index in [2.05, 4.69) is 10.3 Å². The molecule has 15 heavy (non-hydrogen) atoms. The maximum atomic E-state index is 11.6. The summed E-state index contributed by atoms with van der Waals surface area (Å²) in [6.45, 7) is 6.11. The number of rotatable bonds is 3. The molecule has 0 fully saturated rings. The first-order valence-corrected chi connectivity index (χ1v) is 5.05. The van der Waals surface area contributed by atoms with Crippen molar-refractivity contribution in [2.24, 2.45) is 0 Å². The molecular weight excluding hydrogens is 192 g/mol. The lowest BCUT2D eigenvalue weighted by Gasteiger charge is -2.06. The third kappa shape index (κ3) is 2.68. The predicted octanol–water partition coefficient (Wildman–Crippen LogP) is 1.13. The Morgan fingerprint density at radius 3 is 2.67 bits per heavy atom. The molecule has 1 aromatic rings. The third-order valence-electron chi connectivity index (χ3n) is 2.13. The fourth-order valence-corrected chi connectivity index (χ4v) is 1.46. The van der Waals surface area contributed by atoms with Gasteiger partial charge in [-0.1, -0.05) is 6.92 Å². The molecule has 4 nitrogen and oxygen atoms in total. The molecule has 0 aliphatic rings. The molecule has 1 amide bonds. The van der Waals surface area contributed by atoms with Crippen LogP contribution in [0.5, 0.6) is 0 Å². The van der Waals surface area contributed by atoms with Crippen LogP contribution in [0.1, 0.15) is 35.0 Å². The zero-order chi connectivity index (χ0) is 11.4. The Hall–Kier alpha value is -1.58. The Bertz CT molecular complexity index is 421. The average Bonchev–Trinajstić information content (AvgIpc) is 2.12. The van der Waals surface area contributed by atoms with Crippen LogP contribution in [0, 0.1) is 13.8 Å². The number of pyridine rings is 1. The van der Waals surface area contributed by atoms with Gasteiger partial charge in [0.1, 0.15) is 5.56 Å². The lowest BCUT2D eigenvalue weighted by molar-refractivity contribution is 0.0951. The van der Waals surface area contributed by atoms with Gasteiger partial charge in [-0.2, -0.15) is 0 Å². The molecule has 1 aromatic heterocycles. The molecule has 0 unspecified atom stereocenters. The number of H-pyrrole nitrogens is 1. The quantitative estimate of drug-likeness (QED) is 0.782. The summed E-state index contributed by atoms with van der Waals surface area (Å²) in [5.74, 6) is -0.296. The van der Waals surface area contributed by atoms with Gasteiger partial charge in [0.15, 0.2) is 0 Å². The molecule has 1 rings (SSSR count). The second-order valence-electron chi connectivity index (χ2n) is 3.60. The van der Waals surface area contributed by atoms with Gasteiger partial charge in [-0.25, -0.2) is 0 Å². The Kier molecular flexibility index (Phi) is 3.66. The summed E-state index contributed by atoms with van der Waals surface area (Å²) in [4.78, 5) is 25.8. The van der Waals surface area contributed by atoms with Gasteiger partial charge >= 0.3 is 0 Å². The van der Waals surface area contributed by atoms with Crippen LogP contribution in [-0.4, -0.2) is 17.4 Å². The third-order valence-corrected chi connectivity index (χ3v) is 2.13. The van der Waals surface area contributed by atoms with Crippen molar-refractivity contribution in [3.63, 3.8) is 0 Å². The zero-order valence-electron chi connectivity index (χ0n) is 9.31. The largest absolute Gasteiger partial charge is 0.352 e. The fraction of sp³-hybridized carbons (Fsp3) is 0.455. The van der Waals surface area contributed by atoms with E-state index in [9.17, 15) is 9.59 Å². The number of hydrogen-bond donors (Lipinski definition) is 2. The summed E-state index contributed by atoms with van der Waals surface area (Å²) in [6.07, 6.45) is 0.856. The van der Waals surface area contributed by atoms with Gasteiger partial charge in [-0.15, -0.1) is 0 Å². The van der Waals surface area contributed by atoms with Crippen molar-refractivity contribution < 1.29 is 4.79 Å². The molecule has 0 saturated carbocycles. The highest BCUT2D eigenvalue weighted by atomic mass is 16.2. The smallest absolute Gasteiger partial charge is 0.261 e. The van der Waals surface area contributed by atoms with E-state index in [4.69, 9.17) is 0 Å².